The third-order valence-corrected chi connectivity index (χ3v) is 4.90. The summed E-state index contributed by atoms with van der Waals surface area (Å²) in [5.41, 5.74) is 0. The third-order valence-electron chi connectivity index (χ3n) is 3.79. The first-order valence-electron chi connectivity index (χ1n) is 9.84. The molecule has 0 spiro atoms. The van der Waals surface area contributed by atoms with Gasteiger partial charge in [0.1, 0.15) is 23.0 Å². The van der Waals surface area contributed by atoms with Crippen molar-refractivity contribution in [1.82, 2.24) is 0 Å². The van der Waals surface area contributed by atoms with Crippen LogP contribution in [-0.4, -0.2) is 12.5 Å². The molecule has 0 saturated carbocycles. The predicted molar refractivity (Wildman–Crippen MR) is 137 cm³/mol. The third kappa shape index (κ3) is 8.44. The molecule has 4 heteroatoms. The molecule has 0 saturated heterocycles. The fourth-order valence-electron chi connectivity index (χ4n) is 2.49. The molecule has 1 aliphatic rings. The van der Waals surface area contributed by atoms with Crippen LogP contribution in [0, 0.1) is 0 Å². The van der Waals surface area contributed by atoms with Crippen LogP contribution in [0.25, 0.3) is 0 Å². The Balaban J connectivity index is 0.000000197. The quantitative estimate of drug-likeness (QED) is 0.399. The van der Waals surface area contributed by atoms with Gasteiger partial charge in [-0.1, -0.05) is 72.9 Å². The van der Waals surface area contributed by atoms with Gasteiger partial charge in [0.2, 0.25) is 0 Å². The van der Waals surface area contributed by atoms with Crippen LogP contribution in [0.4, 0.5) is 0 Å². The van der Waals surface area contributed by atoms with E-state index in [4.69, 9.17) is 9.47 Å². The molecule has 0 unspecified atom stereocenters. The molecule has 4 rings (SSSR count). The highest BCUT2D eigenvalue weighted by Crippen LogP contribution is 2.43. The first-order chi connectivity index (χ1) is 15.2. The molecule has 31 heavy (non-hydrogen) atoms. The van der Waals surface area contributed by atoms with E-state index in [9.17, 15) is 0 Å². The van der Waals surface area contributed by atoms with Gasteiger partial charge in [-0.25, -0.2) is 0 Å². The van der Waals surface area contributed by atoms with E-state index >= 15 is 0 Å². The zero-order valence-electron chi connectivity index (χ0n) is 18.2. The lowest BCUT2D eigenvalue weighted by Gasteiger charge is -2.20. The van der Waals surface area contributed by atoms with Crippen LogP contribution in [0.5, 0.6) is 17.2 Å². The van der Waals surface area contributed by atoms with E-state index < -0.39 is 0 Å². The van der Waals surface area contributed by atoms with Crippen molar-refractivity contribution in [2.24, 2.45) is 0 Å². The summed E-state index contributed by atoms with van der Waals surface area (Å²) in [6, 6.07) is 27.6. The van der Waals surface area contributed by atoms with Crippen LogP contribution in [-0.2, 0) is 0 Å². The van der Waals surface area contributed by atoms with Gasteiger partial charge < -0.3 is 9.47 Å². The van der Waals surface area contributed by atoms with Crippen LogP contribution >= 0.6 is 23.5 Å². The Kier molecular flexibility index (Phi) is 11.2. The van der Waals surface area contributed by atoms with E-state index in [0.29, 0.717) is 0 Å². The van der Waals surface area contributed by atoms with Crippen molar-refractivity contribution in [3.63, 3.8) is 0 Å². The fourth-order valence-corrected chi connectivity index (χ4v) is 3.51. The second kappa shape index (κ2) is 14.2. The van der Waals surface area contributed by atoms with Gasteiger partial charge in [0, 0.05) is 0 Å². The van der Waals surface area contributed by atoms with Crippen LogP contribution in [0.1, 0.15) is 6.92 Å². The molecule has 2 nitrogen and oxygen atoms in total. The first-order valence-corrected chi connectivity index (χ1v) is 12.3. The van der Waals surface area contributed by atoms with Gasteiger partial charge in [0.25, 0.3) is 0 Å². The second-order valence-corrected chi connectivity index (χ2v) is 8.11. The number of ether oxygens (including phenoxy) is 2. The molecule has 3 aromatic carbocycles. The van der Waals surface area contributed by atoms with Gasteiger partial charge in [-0.3, -0.25) is 0 Å². The normalized spacial score (nSPS) is 14.2. The van der Waals surface area contributed by atoms with Crippen LogP contribution in [0.3, 0.4) is 0 Å². The molecule has 0 amide bonds. The molecule has 0 fully saturated rings. The minimum atomic E-state index is 0.869. The molecule has 1 aliphatic heterocycles. The lowest BCUT2D eigenvalue weighted by molar-refractivity contribution is 0.426. The number of rotatable bonds is 3. The van der Waals surface area contributed by atoms with Gasteiger partial charge in [0.15, 0.2) is 0 Å². The molecule has 0 aromatic heterocycles. The minimum Gasteiger partial charge on any atom is -0.457 e. The van der Waals surface area contributed by atoms with Crippen LogP contribution < -0.4 is 9.47 Å². The maximum atomic E-state index is 5.77. The molecule has 0 bridgehead atoms. The summed E-state index contributed by atoms with van der Waals surface area (Å²) in [5.74, 6) is 3.57. The molecule has 0 radical (unpaired) electrons. The average Bonchev–Trinajstić information content (AvgIpc) is 2.81. The predicted octanol–water partition coefficient (Wildman–Crippen LogP) is 8.60. The fraction of sp³-hybridized carbons (Fsp3) is 0.111. The van der Waals surface area contributed by atoms with E-state index in [0.717, 1.165) is 32.8 Å². The number of fused-ring (bicyclic) bond motifs is 1. The molecule has 1 heterocycles. The maximum absolute atomic E-state index is 5.77. The van der Waals surface area contributed by atoms with Crippen molar-refractivity contribution < 1.29 is 9.47 Å². The van der Waals surface area contributed by atoms with E-state index in [1.807, 2.05) is 110 Å². The Labute approximate surface area is 194 Å². The Morgan fingerprint density at radius 2 is 1.35 bits per heavy atom. The SMILES string of the molecule is C=C/C=C1/Sc2ccccc2O/C1=C/C.CSC.c1ccc(Oc2ccccc2)cc1. The molecule has 0 aliphatic carbocycles. The minimum absolute atomic E-state index is 0.869. The van der Waals surface area contributed by atoms with Gasteiger partial charge >= 0.3 is 0 Å². The number of para-hydroxylation sites is 3. The summed E-state index contributed by atoms with van der Waals surface area (Å²) in [6.07, 6.45) is 9.80. The Bertz CT molecular complexity index is 943. The number of hydrogen-bond acceptors (Lipinski definition) is 4. The number of thioether (sulfide) groups is 2. The van der Waals surface area contributed by atoms with Gasteiger partial charge in [-0.2, -0.15) is 11.8 Å². The van der Waals surface area contributed by atoms with Crippen molar-refractivity contribution >= 4 is 23.5 Å². The summed E-state index contributed by atoms with van der Waals surface area (Å²) >= 11 is 3.46. The smallest absolute Gasteiger partial charge is 0.141 e. The summed E-state index contributed by atoms with van der Waals surface area (Å²) in [5, 5.41) is 0. The maximum Gasteiger partial charge on any atom is 0.141 e. The van der Waals surface area contributed by atoms with Crippen LogP contribution in [0.15, 0.2) is 125 Å². The Morgan fingerprint density at radius 1 is 0.839 bits per heavy atom. The monoisotopic (exact) mass is 448 g/mol. The molecular formula is C27H28O2S2. The Hall–Kier alpha value is -2.82. The van der Waals surface area contributed by atoms with Gasteiger partial charge in [-0.15, -0.1) is 0 Å². The van der Waals surface area contributed by atoms with Crippen molar-refractivity contribution in [2.45, 2.75) is 11.8 Å². The highest BCUT2D eigenvalue weighted by Gasteiger charge is 2.18. The van der Waals surface area contributed by atoms with Gasteiger partial charge in [0.05, 0.1) is 9.80 Å². The number of benzene rings is 3. The average molecular weight is 449 g/mol. The highest BCUT2D eigenvalue weighted by molar-refractivity contribution is 8.03. The van der Waals surface area contributed by atoms with E-state index in [-0.39, 0.29) is 0 Å². The van der Waals surface area contributed by atoms with Crippen LogP contribution in [0.2, 0.25) is 0 Å². The molecule has 160 valence electrons. The topological polar surface area (TPSA) is 18.5 Å². The molecule has 3 aromatic rings. The van der Waals surface area contributed by atoms with Gasteiger partial charge in [-0.05, 0) is 68.0 Å². The lowest BCUT2D eigenvalue weighted by atomic mass is 10.3. The highest BCUT2D eigenvalue weighted by atomic mass is 32.2. The van der Waals surface area contributed by atoms with Crippen molar-refractivity contribution in [3.05, 3.63) is 120 Å². The summed E-state index contributed by atoms with van der Waals surface area (Å²) in [4.78, 5) is 2.25. The summed E-state index contributed by atoms with van der Waals surface area (Å²) in [6.45, 7) is 5.68. The molecular weight excluding hydrogens is 420 g/mol. The summed E-state index contributed by atoms with van der Waals surface area (Å²) in [7, 11) is 0. The summed E-state index contributed by atoms with van der Waals surface area (Å²) < 4.78 is 11.3. The zero-order valence-corrected chi connectivity index (χ0v) is 19.8. The van der Waals surface area contributed by atoms with Crippen molar-refractivity contribution in [3.8, 4) is 17.2 Å². The standard InChI is InChI=1S/C13H12OS.C12H10O.C2H6S/c1-3-7-12-10(4-2)14-11-8-5-6-9-13(11)15-12;1-3-7-11(8-4-1)13-12-9-5-2-6-10-12;1-3-2/h3-9H,1H2,2H3;1-10H;1-2H3/b10-4+,12-7+;;. The number of hydrogen-bond donors (Lipinski definition) is 0. The lowest BCUT2D eigenvalue weighted by Crippen LogP contribution is -2.02. The largest absolute Gasteiger partial charge is 0.457 e. The molecule has 0 atom stereocenters. The first kappa shape index (κ1) is 24.4. The van der Waals surface area contributed by atoms with Crippen molar-refractivity contribution in [2.75, 3.05) is 12.5 Å². The molecule has 0 N–H and O–H groups in total. The van der Waals surface area contributed by atoms with E-state index in [1.165, 1.54) is 0 Å². The second-order valence-electron chi connectivity index (χ2n) is 6.21. The Morgan fingerprint density at radius 3 is 1.87 bits per heavy atom. The van der Waals surface area contributed by atoms with E-state index in [1.54, 1.807) is 29.6 Å². The van der Waals surface area contributed by atoms with E-state index in [2.05, 4.69) is 12.6 Å². The zero-order chi connectivity index (χ0) is 22.3. The van der Waals surface area contributed by atoms with Crippen molar-refractivity contribution in [1.29, 1.82) is 0 Å². The number of allylic oxidation sites excluding steroid dienone is 3.